The number of carbonyl (C=O) groups excluding carboxylic acids is 2. The number of hydrogen-bond donors (Lipinski definition) is 3. The Bertz CT molecular complexity index is 758. The van der Waals surface area contributed by atoms with Gasteiger partial charge in [-0.3, -0.25) is 4.79 Å². The monoisotopic (exact) mass is 367 g/mol. The van der Waals surface area contributed by atoms with Crippen LogP contribution >= 0.6 is 0 Å². The predicted molar refractivity (Wildman–Crippen MR) is 103 cm³/mol. The molecule has 0 aliphatic heterocycles. The Hall–Kier alpha value is -3.02. The van der Waals surface area contributed by atoms with Gasteiger partial charge in [-0.05, 0) is 42.0 Å². The molecule has 0 unspecified atom stereocenters. The van der Waals surface area contributed by atoms with Crippen molar-refractivity contribution in [3.05, 3.63) is 65.7 Å². The second-order valence-electron chi connectivity index (χ2n) is 6.68. The number of hydrogen-bond acceptors (Lipinski definition) is 3. The second kappa shape index (κ2) is 9.07. The van der Waals surface area contributed by atoms with E-state index in [4.69, 9.17) is 4.74 Å². The highest BCUT2D eigenvalue weighted by Crippen LogP contribution is 2.41. The minimum Gasteiger partial charge on any atom is -0.497 e. The molecule has 3 amide bonds. The molecular formula is C21H25N3O3. The number of rotatable bonds is 8. The molecule has 2 aromatic carbocycles. The van der Waals surface area contributed by atoms with Crippen LogP contribution in [-0.2, 0) is 11.3 Å². The molecule has 0 aromatic heterocycles. The molecule has 142 valence electrons. The van der Waals surface area contributed by atoms with E-state index in [0.29, 0.717) is 12.5 Å². The summed E-state index contributed by atoms with van der Waals surface area (Å²) < 4.78 is 5.18. The largest absolute Gasteiger partial charge is 0.497 e. The van der Waals surface area contributed by atoms with Gasteiger partial charge in [-0.1, -0.05) is 42.5 Å². The van der Waals surface area contributed by atoms with Crippen LogP contribution in [0.5, 0.6) is 5.75 Å². The van der Waals surface area contributed by atoms with Gasteiger partial charge in [0.05, 0.1) is 19.7 Å². The van der Waals surface area contributed by atoms with Gasteiger partial charge in [-0.2, -0.15) is 0 Å². The van der Waals surface area contributed by atoms with Crippen LogP contribution in [0, 0.1) is 5.92 Å². The van der Waals surface area contributed by atoms with Crippen molar-refractivity contribution in [2.75, 3.05) is 13.7 Å². The average Bonchev–Trinajstić information content (AvgIpc) is 3.55. The second-order valence-corrected chi connectivity index (χ2v) is 6.68. The van der Waals surface area contributed by atoms with Gasteiger partial charge in [0.25, 0.3) is 0 Å². The molecule has 1 aliphatic carbocycles. The summed E-state index contributed by atoms with van der Waals surface area (Å²) in [5.74, 6) is 1.04. The molecule has 3 rings (SSSR count). The van der Waals surface area contributed by atoms with Crippen molar-refractivity contribution in [3.63, 3.8) is 0 Å². The smallest absolute Gasteiger partial charge is 0.315 e. The van der Waals surface area contributed by atoms with Crippen molar-refractivity contribution in [2.45, 2.75) is 25.4 Å². The molecule has 0 heterocycles. The fraction of sp³-hybridized carbons (Fsp3) is 0.333. The van der Waals surface area contributed by atoms with E-state index in [9.17, 15) is 9.59 Å². The van der Waals surface area contributed by atoms with Crippen LogP contribution < -0.4 is 20.7 Å². The molecule has 0 saturated heterocycles. The van der Waals surface area contributed by atoms with Crippen LogP contribution in [0.3, 0.4) is 0 Å². The van der Waals surface area contributed by atoms with Crippen molar-refractivity contribution in [1.29, 1.82) is 0 Å². The standard InChI is InChI=1S/C21H25N3O3/c1-27-18-11-9-17(10-12-18)20(16-7-8-16)24-19(25)14-23-21(26)22-13-15-5-3-2-4-6-15/h2-6,9-12,16,20H,7-8,13-14H2,1H3,(H,24,25)(H2,22,23,26)/t20-/m0/s1. The minimum atomic E-state index is -0.360. The molecule has 1 aliphatic rings. The molecular weight excluding hydrogens is 342 g/mol. The Morgan fingerprint density at radius 1 is 1.04 bits per heavy atom. The summed E-state index contributed by atoms with van der Waals surface area (Å²) in [6.07, 6.45) is 2.20. The maximum Gasteiger partial charge on any atom is 0.315 e. The van der Waals surface area contributed by atoms with Gasteiger partial charge in [0, 0.05) is 6.54 Å². The number of benzene rings is 2. The quantitative estimate of drug-likeness (QED) is 0.671. The van der Waals surface area contributed by atoms with E-state index in [2.05, 4.69) is 16.0 Å². The number of urea groups is 1. The molecule has 3 N–H and O–H groups in total. The van der Waals surface area contributed by atoms with Gasteiger partial charge < -0.3 is 20.7 Å². The Morgan fingerprint density at radius 3 is 2.37 bits per heavy atom. The van der Waals surface area contributed by atoms with Gasteiger partial charge in [0.15, 0.2) is 0 Å². The zero-order valence-electron chi connectivity index (χ0n) is 15.4. The van der Waals surface area contributed by atoms with Gasteiger partial charge in [0.2, 0.25) is 5.91 Å². The van der Waals surface area contributed by atoms with Crippen molar-refractivity contribution in [1.82, 2.24) is 16.0 Å². The van der Waals surface area contributed by atoms with E-state index in [0.717, 1.165) is 29.7 Å². The summed E-state index contributed by atoms with van der Waals surface area (Å²) in [5.41, 5.74) is 2.06. The van der Waals surface area contributed by atoms with E-state index in [1.165, 1.54) is 0 Å². The number of methoxy groups -OCH3 is 1. The van der Waals surface area contributed by atoms with Gasteiger partial charge >= 0.3 is 6.03 Å². The molecule has 1 saturated carbocycles. The van der Waals surface area contributed by atoms with E-state index in [1.54, 1.807) is 7.11 Å². The maximum atomic E-state index is 12.3. The van der Waals surface area contributed by atoms with Crippen LogP contribution in [0.2, 0.25) is 0 Å². The third kappa shape index (κ3) is 5.74. The topological polar surface area (TPSA) is 79.5 Å². The van der Waals surface area contributed by atoms with Crippen molar-refractivity contribution < 1.29 is 14.3 Å². The Balaban J connectivity index is 1.45. The lowest BCUT2D eigenvalue weighted by Crippen LogP contribution is -2.43. The molecule has 1 atom stereocenters. The Morgan fingerprint density at radius 2 is 1.74 bits per heavy atom. The van der Waals surface area contributed by atoms with Crippen LogP contribution in [0.4, 0.5) is 4.79 Å². The maximum absolute atomic E-state index is 12.3. The molecule has 0 radical (unpaired) electrons. The molecule has 27 heavy (non-hydrogen) atoms. The normalized spacial score (nSPS) is 14.1. The highest BCUT2D eigenvalue weighted by atomic mass is 16.5. The lowest BCUT2D eigenvalue weighted by molar-refractivity contribution is -0.121. The number of carbonyl (C=O) groups is 2. The zero-order chi connectivity index (χ0) is 19.1. The van der Waals surface area contributed by atoms with Crippen LogP contribution in [-0.4, -0.2) is 25.6 Å². The summed E-state index contributed by atoms with van der Waals surface area (Å²) in [4.78, 5) is 24.2. The van der Waals surface area contributed by atoms with E-state index >= 15 is 0 Å². The number of ether oxygens (including phenoxy) is 1. The molecule has 6 nitrogen and oxygen atoms in total. The van der Waals surface area contributed by atoms with Gasteiger partial charge in [-0.25, -0.2) is 4.79 Å². The molecule has 0 spiro atoms. The fourth-order valence-electron chi connectivity index (χ4n) is 2.94. The summed E-state index contributed by atoms with van der Waals surface area (Å²) in [6.45, 7) is 0.366. The molecule has 1 fully saturated rings. The summed E-state index contributed by atoms with van der Waals surface area (Å²) >= 11 is 0. The summed E-state index contributed by atoms with van der Waals surface area (Å²) in [5, 5.41) is 8.39. The number of nitrogens with one attached hydrogen (secondary N) is 3. The summed E-state index contributed by atoms with van der Waals surface area (Å²) in [7, 11) is 1.63. The lowest BCUT2D eigenvalue weighted by Gasteiger charge is -2.19. The third-order valence-electron chi connectivity index (χ3n) is 4.59. The minimum absolute atomic E-state index is 0.0300. The first-order valence-corrected chi connectivity index (χ1v) is 9.14. The van der Waals surface area contributed by atoms with Gasteiger partial charge in [0.1, 0.15) is 5.75 Å². The van der Waals surface area contributed by atoms with Crippen molar-refractivity contribution in [2.24, 2.45) is 5.92 Å². The highest BCUT2D eigenvalue weighted by molar-refractivity contribution is 5.84. The first kappa shape index (κ1) is 18.8. The number of amides is 3. The van der Waals surface area contributed by atoms with Crippen LogP contribution in [0.25, 0.3) is 0 Å². The zero-order valence-corrected chi connectivity index (χ0v) is 15.4. The SMILES string of the molecule is COc1ccc([C@@H](NC(=O)CNC(=O)NCc2ccccc2)C2CC2)cc1. The fourth-order valence-corrected chi connectivity index (χ4v) is 2.94. The van der Waals surface area contributed by atoms with E-state index in [-0.39, 0.29) is 24.5 Å². The van der Waals surface area contributed by atoms with Gasteiger partial charge in [-0.15, -0.1) is 0 Å². The highest BCUT2D eigenvalue weighted by Gasteiger charge is 2.33. The van der Waals surface area contributed by atoms with Crippen LogP contribution in [0.1, 0.15) is 30.0 Å². The van der Waals surface area contributed by atoms with Crippen molar-refractivity contribution >= 4 is 11.9 Å². The average molecular weight is 367 g/mol. The first-order valence-electron chi connectivity index (χ1n) is 9.14. The van der Waals surface area contributed by atoms with Crippen LogP contribution in [0.15, 0.2) is 54.6 Å². The molecule has 6 heteroatoms. The Kier molecular flexibility index (Phi) is 6.30. The lowest BCUT2D eigenvalue weighted by atomic mass is 10.0. The molecule has 0 bridgehead atoms. The van der Waals surface area contributed by atoms with E-state index < -0.39 is 0 Å². The molecule has 2 aromatic rings. The predicted octanol–water partition coefficient (Wildman–Crippen LogP) is 2.76. The third-order valence-corrected chi connectivity index (χ3v) is 4.59. The summed E-state index contributed by atoms with van der Waals surface area (Å²) in [6, 6.07) is 17.0. The first-order chi connectivity index (χ1) is 13.2. The Labute approximate surface area is 159 Å². The van der Waals surface area contributed by atoms with Crippen molar-refractivity contribution in [3.8, 4) is 5.75 Å². The van der Waals surface area contributed by atoms with E-state index in [1.807, 2.05) is 54.6 Å².